The van der Waals surface area contributed by atoms with Crippen LogP contribution in [0.5, 0.6) is 0 Å². The number of nitrogens with two attached hydrogens (primary N) is 1. The van der Waals surface area contributed by atoms with Crippen molar-refractivity contribution in [2.24, 2.45) is 5.84 Å². The third kappa shape index (κ3) is 2.55. The molecule has 0 aromatic carbocycles. The molecular formula is C9H10N6O2. The number of hydrogen-bond acceptors (Lipinski definition) is 6. The number of rotatable bonds is 3. The fourth-order valence-corrected chi connectivity index (χ4v) is 1.25. The van der Waals surface area contributed by atoms with Gasteiger partial charge < -0.3 is 5.43 Å². The highest BCUT2D eigenvalue weighted by Crippen LogP contribution is 1.99. The number of anilines is 1. The largest absolute Gasteiger partial charge is 0.307 e. The normalized spacial score (nSPS) is 10.2. The summed E-state index contributed by atoms with van der Waals surface area (Å²) in [6, 6.07) is 2.37. The fraction of sp³-hybridized carbons (Fsp3) is 0.111. The highest BCUT2D eigenvalue weighted by atomic mass is 16.1. The lowest BCUT2D eigenvalue weighted by Crippen LogP contribution is -2.28. The van der Waals surface area contributed by atoms with Crippen LogP contribution in [0.4, 0.5) is 5.82 Å². The average Bonchev–Trinajstić information content (AvgIpc) is 2.35. The Hall–Kier alpha value is -2.48. The number of nitrogens with zero attached hydrogens (tertiary/aromatic N) is 3. The van der Waals surface area contributed by atoms with Gasteiger partial charge in [-0.15, -0.1) is 0 Å². The van der Waals surface area contributed by atoms with E-state index >= 15 is 0 Å². The molecule has 0 radical (unpaired) electrons. The SMILES string of the molecule is NNc1cnc(Cn2[nH]c(=O)ccc2=O)cn1. The lowest BCUT2D eigenvalue weighted by molar-refractivity contribution is 0.615. The second-order valence-electron chi connectivity index (χ2n) is 3.27. The molecular weight excluding hydrogens is 224 g/mol. The molecule has 2 heterocycles. The van der Waals surface area contributed by atoms with Crippen molar-refractivity contribution in [3.05, 3.63) is 50.9 Å². The lowest BCUT2D eigenvalue weighted by Gasteiger charge is -2.04. The van der Waals surface area contributed by atoms with E-state index < -0.39 is 0 Å². The minimum Gasteiger partial charge on any atom is -0.307 e. The van der Waals surface area contributed by atoms with Crippen molar-refractivity contribution in [3.8, 4) is 0 Å². The molecule has 0 aliphatic rings. The molecule has 0 amide bonds. The molecule has 0 atom stereocenters. The van der Waals surface area contributed by atoms with Crippen molar-refractivity contribution >= 4 is 5.82 Å². The first-order valence-corrected chi connectivity index (χ1v) is 4.77. The van der Waals surface area contributed by atoms with E-state index in [2.05, 4.69) is 20.5 Å². The van der Waals surface area contributed by atoms with Crippen LogP contribution in [0.2, 0.25) is 0 Å². The van der Waals surface area contributed by atoms with E-state index in [9.17, 15) is 9.59 Å². The summed E-state index contributed by atoms with van der Waals surface area (Å²) in [7, 11) is 0. The van der Waals surface area contributed by atoms with E-state index in [1.165, 1.54) is 24.5 Å². The molecule has 0 saturated heterocycles. The van der Waals surface area contributed by atoms with Crippen LogP contribution in [0.25, 0.3) is 0 Å². The molecule has 2 aromatic heterocycles. The minimum atomic E-state index is -0.349. The number of hydrogen-bond donors (Lipinski definition) is 3. The Kier molecular flexibility index (Phi) is 2.97. The quantitative estimate of drug-likeness (QED) is 0.446. The van der Waals surface area contributed by atoms with E-state index in [-0.39, 0.29) is 17.7 Å². The van der Waals surface area contributed by atoms with Gasteiger partial charge in [0.15, 0.2) is 5.82 Å². The van der Waals surface area contributed by atoms with Gasteiger partial charge in [-0.2, -0.15) is 0 Å². The number of aromatic amines is 1. The van der Waals surface area contributed by atoms with E-state index in [0.717, 1.165) is 4.68 Å². The molecule has 17 heavy (non-hydrogen) atoms. The van der Waals surface area contributed by atoms with Gasteiger partial charge in [-0.1, -0.05) is 0 Å². The number of aromatic nitrogens is 4. The molecule has 0 bridgehead atoms. The zero-order valence-electron chi connectivity index (χ0n) is 8.75. The van der Waals surface area contributed by atoms with Crippen LogP contribution in [-0.4, -0.2) is 19.7 Å². The minimum absolute atomic E-state index is 0.146. The van der Waals surface area contributed by atoms with Crippen molar-refractivity contribution in [1.82, 2.24) is 19.7 Å². The molecule has 4 N–H and O–H groups in total. The molecule has 8 nitrogen and oxygen atoms in total. The van der Waals surface area contributed by atoms with Gasteiger partial charge in [-0.3, -0.25) is 19.7 Å². The third-order valence-electron chi connectivity index (χ3n) is 2.06. The van der Waals surface area contributed by atoms with Crippen molar-refractivity contribution < 1.29 is 0 Å². The van der Waals surface area contributed by atoms with Crippen LogP contribution in [0, 0.1) is 0 Å². The lowest BCUT2D eigenvalue weighted by atomic mass is 10.4. The average molecular weight is 234 g/mol. The summed E-state index contributed by atoms with van der Waals surface area (Å²) in [5, 5.41) is 2.39. The summed E-state index contributed by atoms with van der Waals surface area (Å²) in [5.74, 6) is 5.56. The van der Waals surface area contributed by atoms with Crippen LogP contribution in [0.1, 0.15) is 5.69 Å². The molecule has 88 valence electrons. The molecule has 8 heteroatoms. The Balaban J connectivity index is 2.28. The van der Waals surface area contributed by atoms with Crippen LogP contribution in [0.15, 0.2) is 34.1 Å². The molecule has 0 aliphatic heterocycles. The van der Waals surface area contributed by atoms with Crippen molar-refractivity contribution in [1.29, 1.82) is 0 Å². The van der Waals surface area contributed by atoms with Gasteiger partial charge in [0.2, 0.25) is 0 Å². The van der Waals surface area contributed by atoms with Crippen LogP contribution in [-0.2, 0) is 6.54 Å². The van der Waals surface area contributed by atoms with Gasteiger partial charge in [0, 0.05) is 12.1 Å². The summed E-state index contributed by atoms with van der Waals surface area (Å²) in [5.41, 5.74) is 2.21. The summed E-state index contributed by atoms with van der Waals surface area (Å²) in [6.07, 6.45) is 2.90. The van der Waals surface area contributed by atoms with E-state index in [1.54, 1.807) is 0 Å². The monoisotopic (exact) mass is 234 g/mol. The first kappa shape index (κ1) is 11.0. The van der Waals surface area contributed by atoms with E-state index in [4.69, 9.17) is 5.84 Å². The third-order valence-corrected chi connectivity index (χ3v) is 2.06. The maximum absolute atomic E-state index is 11.4. The highest BCUT2D eigenvalue weighted by Gasteiger charge is 2.00. The van der Waals surface area contributed by atoms with Gasteiger partial charge in [0.25, 0.3) is 11.1 Å². The number of nitrogens with one attached hydrogen (secondary N) is 2. The first-order valence-electron chi connectivity index (χ1n) is 4.77. The molecule has 0 spiro atoms. The smallest absolute Gasteiger partial charge is 0.265 e. The maximum Gasteiger partial charge on any atom is 0.265 e. The van der Waals surface area contributed by atoms with Crippen LogP contribution in [0.3, 0.4) is 0 Å². The Labute approximate surface area is 95.1 Å². The molecule has 0 saturated carbocycles. The Morgan fingerprint density at radius 1 is 1.29 bits per heavy atom. The first-order chi connectivity index (χ1) is 8.19. The zero-order chi connectivity index (χ0) is 12.3. The second-order valence-corrected chi connectivity index (χ2v) is 3.27. The van der Waals surface area contributed by atoms with Gasteiger partial charge in [0.05, 0.1) is 24.6 Å². The zero-order valence-corrected chi connectivity index (χ0v) is 8.75. The van der Waals surface area contributed by atoms with Gasteiger partial charge >= 0.3 is 0 Å². The summed E-state index contributed by atoms with van der Waals surface area (Å²) in [4.78, 5) is 30.4. The van der Waals surface area contributed by atoms with Gasteiger partial charge in [0.1, 0.15) is 0 Å². The van der Waals surface area contributed by atoms with Crippen molar-refractivity contribution in [2.75, 3.05) is 5.43 Å². The van der Waals surface area contributed by atoms with Crippen molar-refractivity contribution in [2.45, 2.75) is 6.54 Å². The van der Waals surface area contributed by atoms with Crippen LogP contribution >= 0.6 is 0 Å². The molecule has 0 aliphatic carbocycles. The maximum atomic E-state index is 11.4. The van der Waals surface area contributed by atoms with Gasteiger partial charge in [-0.05, 0) is 0 Å². The molecule has 0 fully saturated rings. The second kappa shape index (κ2) is 4.58. The standard InChI is InChI=1S/C9H10N6O2/c10-13-7-4-11-6(3-12-7)5-15-9(17)2-1-8(16)14-15/h1-4H,5,10H2,(H,12,13)(H,14,16). The summed E-state index contributed by atoms with van der Waals surface area (Å²) in [6.45, 7) is 0.146. The molecule has 0 unspecified atom stereocenters. The van der Waals surface area contributed by atoms with Gasteiger partial charge in [-0.25, -0.2) is 15.5 Å². The predicted molar refractivity (Wildman–Crippen MR) is 60.3 cm³/mol. The topological polar surface area (TPSA) is 119 Å². The summed E-state index contributed by atoms with van der Waals surface area (Å²) >= 11 is 0. The fourth-order valence-electron chi connectivity index (χ4n) is 1.25. The van der Waals surface area contributed by atoms with E-state index in [0.29, 0.717) is 11.5 Å². The predicted octanol–water partition coefficient (Wildman–Crippen LogP) is -1.34. The molecule has 2 aromatic rings. The summed E-state index contributed by atoms with van der Waals surface area (Å²) < 4.78 is 1.15. The van der Waals surface area contributed by atoms with Crippen molar-refractivity contribution in [3.63, 3.8) is 0 Å². The number of nitrogen functional groups attached to an aromatic ring is 1. The Bertz CT molecular complexity index is 614. The Morgan fingerprint density at radius 2 is 2.12 bits per heavy atom. The number of hydrazine groups is 1. The highest BCUT2D eigenvalue weighted by molar-refractivity contribution is 5.28. The Morgan fingerprint density at radius 3 is 2.76 bits per heavy atom. The van der Waals surface area contributed by atoms with E-state index in [1.807, 2.05) is 0 Å². The molecule has 2 rings (SSSR count). The number of H-pyrrole nitrogens is 1. The van der Waals surface area contributed by atoms with Crippen LogP contribution < -0.4 is 22.4 Å².